The van der Waals surface area contributed by atoms with Crippen LogP contribution in [-0.4, -0.2) is 23.4 Å². The number of phenolic OH excluding ortho intramolecular Hbond substituents is 1. The third-order valence-corrected chi connectivity index (χ3v) is 4.93. The van der Waals surface area contributed by atoms with Crippen molar-refractivity contribution >= 4 is 5.97 Å². The molecule has 0 fully saturated rings. The standard InChI is InChI=1S/C22H25F3O3/c1-3-15(4-2)5-14-20(22(23,24)25)28-21(27)18-8-6-16(7-9-18)17-10-12-19(26)13-11-17/h6-13,15,20,26H,3-5,14H2,1-2H3. The summed E-state index contributed by atoms with van der Waals surface area (Å²) in [7, 11) is 0. The van der Waals surface area contributed by atoms with Gasteiger partial charge in [-0.15, -0.1) is 0 Å². The van der Waals surface area contributed by atoms with Crippen LogP contribution in [0.5, 0.6) is 5.75 Å². The molecule has 0 radical (unpaired) electrons. The summed E-state index contributed by atoms with van der Waals surface area (Å²) in [6.45, 7) is 3.89. The Hall–Kier alpha value is -2.50. The summed E-state index contributed by atoms with van der Waals surface area (Å²) >= 11 is 0. The van der Waals surface area contributed by atoms with Crippen LogP contribution in [0.3, 0.4) is 0 Å². The van der Waals surface area contributed by atoms with Crippen LogP contribution < -0.4 is 0 Å². The maximum Gasteiger partial charge on any atom is 0.425 e. The first-order chi connectivity index (χ1) is 13.2. The van der Waals surface area contributed by atoms with Crippen LogP contribution in [0.2, 0.25) is 0 Å². The van der Waals surface area contributed by atoms with E-state index in [4.69, 9.17) is 4.74 Å². The van der Waals surface area contributed by atoms with Gasteiger partial charge in [-0.2, -0.15) is 13.2 Å². The number of alkyl halides is 3. The van der Waals surface area contributed by atoms with Crippen molar-refractivity contribution in [3.63, 3.8) is 0 Å². The van der Waals surface area contributed by atoms with Crippen LogP contribution in [0.1, 0.15) is 49.9 Å². The number of aromatic hydroxyl groups is 1. The molecular formula is C22H25F3O3. The van der Waals surface area contributed by atoms with Crippen molar-refractivity contribution in [2.75, 3.05) is 0 Å². The molecule has 1 atom stereocenters. The zero-order valence-electron chi connectivity index (χ0n) is 16.0. The molecule has 0 heterocycles. The molecule has 0 amide bonds. The van der Waals surface area contributed by atoms with Gasteiger partial charge in [0.25, 0.3) is 0 Å². The number of esters is 1. The molecule has 6 heteroatoms. The Morgan fingerprint density at radius 2 is 1.43 bits per heavy atom. The number of carbonyl (C=O) groups excluding carboxylic acids is 1. The van der Waals surface area contributed by atoms with Crippen LogP contribution >= 0.6 is 0 Å². The lowest BCUT2D eigenvalue weighted by Gasteiger charge is -2.22. The number of hydrogen-bond acceptors (Lipinski definition) is 3. The highest BCUT2D eigenvalue weighted by Crippen LogP contribution is 2.30. The van der Waals surface area contributed by atoms with E-state index in [-0.39, 0.29) is 23.7 Å². The van der Waals surface area contributed by atoms with E-state index in [0.29, 0.717) is 6.42 Å². The molecule has 0 aliphatic heterocycles. The van der Waals surface area contributed by atoms with Gasteiger partial charge in [0.05, 0.1) is 5.56 Å². The predicted octanol–water partition coefficient (Wildman–Crippen LogP) is 6.36. The summed E-state index contributed by atoms with van der Waals surface area (Å²) in [5.74, 6) is -0.659. The van der Waals surface area contributed by atoms with E-state index in [0.717, 1.165) is 24.0 Å². The van der Waals surface area contributed by atoms with Gasteiger partial charge in [-0.3, -0.25) is 0 Å². The summed E-state index contributed by atoms with van der Waals surface area (Å²) in [6, 6.07) is 12.6. The SMILES string of the molecule is CCC(CC)CCC(OC(=O)c1ccc(-c2ccc(O)cc2)cc1)C(F)(F)F. The molecule has 0 aliphatic carbocycles. The molecule has 0 saturated heterocycles. The van der Waals surface area contributed by atoms with E-state index in [1.165, 1.54) is 24.3 Å². The van der Waals surface area contributed by atoms with E-state index in [1.54, 1.807) is 24.3 Å². The summed E-state index contributed by atoms with van der Waals surface area (Å²) in [4.78, 5) is 12.2. The first-order valence-corrected chi connectivity index (χ1v) is 9.41. The van der Waals surface area contributed by atoms with Crippen LogP contribution in [0.4, 0.5) is 13.2 Å². The van der Waals surface area contributed by atoms with Gasteiger partial charge in [0.2, 0.25) is 0 Å². The normalized spacial score (nSPS) is 12.8. The maximum atomic E-state index is 13.3. The molecule has 0 aromatic heterocycles. The monoisotopic (exact) mass is 394 g/mol. The Bertz CT molecular complexity index is 748. The fraction of sp³-hybridized carbons (Fsp3) is 0.409. The van der Waals surface area contributed by atoms with Gasteiger partial charge >= 0.3 is 12.1 Å². The Morgan fingerprint density at radius 1 is 0.929 bits per heavy atom. The molecule has 0 spiro atoms. The largest absolute Gasteiger partial charge is 0.508 e. The molecule has 2 rings (SSSR count). The number of ether oxygens (including phenoxy) is 1. The second kappa shape index (κ2) is 9.62. The minimum absolute atomic E-state index is 0.0688. The summed E-state index contributed by atoms with van der Waals surface area (Å²) in [6.07, 6.45) is -4.95. The minimum Gasteiger partial charge on any atom is -0.508 e. The van der Waals surface area contributed by atoms with Crippen molar-refractivity contribution in [2.24, 2.45) is 5.92 Å². The van der Waals surface area contributed by atoms with Crippen molar-refractivity contribution in [1.29, 1.82) is 0 Å². The lowest BCUT2D eigenvalue weighted by Crippen LogP contribution is -2.34. The summed E-state index contributed by atoms with van der Waals surface area (Å²) < 4.78 is 44.6. The molecule has 0 bridgehead atoms. The molecular weight excluding hydrogens is 369 g/mol. The Balaban J connectivity index is 2.07. The highest BCUT2D eigenvalue weighted by atomic mass is 19.4. The molecule has 2 aromatic rings. The van der Waals surface area contributed by atoms with Crippen molar-refractivity contribution in [3.05, 3.63) is 54.1 Å². The van der Waals surface area contributed by atoms with Gasteiger partial charge in [0.15, 0.2) is 6.10 Å². The van der Waals surface area contributed by atoms with Crippen LogP contribution in [0.15, 0.2) is 48.5 Å². The van der Waals surface area contributed by atoms with E-state index >= 15 is 0 Å². The number of phenols is 1. The summed E-state index contributed by atoms with van der Waals surface area (Å²) in [5.41, 5.74) is 1.66. The van der Waals surface area contributed by atoms with E-state index < -0.39 is 18.2 Å². The molecule has 0 saturated carbocycles. The van der Waals surface area contributed by atoms with Crippen molar-refractivity contribution in [1.82, 2.24) is 0 Å². The van der Waals surface area contributed by atoms with Gasteiger partial charge in [-0.05, 0) is 54.2 Å². The van der Waals surface area contributed by atoms with Crippen molar-refractivity contribution < 1.29 is 27.8 Å². The van der Waals surface area contributed by atoms with E-state index in [2.05, 4.69) is 0 Å². The Labute approximate surface area is 163 Å². The fourth-order valence-electron chi connectivity index (χ4n) is 3.02. The van der Waals surface area contributed by atoms with Crippen LogP contribution in [-0.2, 0) is 4.74 Å². The zero-order chi connectivity index (χ0) is 20.7. The fourth-order valence-corrected chi connectivity index (χ4v) is 3.02. The average Bonchev–Trinajstić information content (AvgIpc) is 2.67. The number of carbonyl (C=O) groups is 1. The van der Waals surface area contributed by atoms with Crippen LogP contribution in [0.25, 0.3) is 11.1 Å². The highest BCUT2D eigenvalue weighted by Gasteiger charge is 2.42. The first kappa shape index (κ1) is 21.8. The highest BCUT2D eigenvalue weighted by molar-refractivity contribution is 5.90. The quantitative estimate of drug-likeness (QED) is 0.530. The Morgan fingerprint density at radius 3 is 1.89 bits per heavy atom. The predicted molar refractivity (Wildman–Crippen MR) is 102 cm³/mol. The van der Waals surface area contributed by atoms with Gasteiger partial charge < -0.3 is 9.84 Å². The number of rotatable bonds is 8. The van der Waals surface area contributed by atoms with Crippen molar-refractivity contribution in [3.8, 4) is 16.9 Å². The smallest absolute Gasteiger partial charge is 0.425 e. The molecule has 152 valence electrons. The Kier molecular flexibility index (Phi) is 7.49. The van der Waals surface area contributed by atoms with Gasteiger partial charge in [-0.25, -0.2) is 4.79 Å². The third-order valence-electron chi connectivity index (χ3n) is 4.93. The molecule has 3 nitrogen and oxygen atoms in total. The number of hydrogen-bond donors (Lipinski definition) is 1. The lowest BCUT2D eigenvalue weighted by molar-refractivity contribution is -0.206. The molecule has 1 unspecified atom stereocenters. The topological polar surface area (TPSA) is 46.5 Å². The van der Waals surface area contributed by atoms with Gasteiger partial charge in [0, 0.05) is 0 Å². The molecule has 2 aromatic carbocycles. The molecule has 0 aliphatic rings. The summed E-state index contributed by atoms with van der Waals surface area (Å²) in [5, 5.41) is 9.33. The second-order valence-electron chi connectivity index (χ2n) is 6.82. The maximum absolute atomic E-state index is 13.3. The lowest BCUT2D eigenvalue weighted by atomic mass is 9.95. The van der Waals surface area contributed by atoms with Crippen LogP contribution in [0, 0.1) is 5.92 Å². The molecule has 1 N–H and O–H groups in total. The van der Waals surface area contributed by atoms with Gasteiger partial charge in [0.1, 0.15) is 5.75 Å². The zero-order valence-corrected chi connectivity index (χ0v) is 16.0. The minimum atomic E-state index is -4.59. The van der Waals surface area contributed by atoms with E-state index in [1.807, 2.05) is 13.8 Å². The number of halogens is 3. The van der Waals surface area contributed by atoms with Crippen molar-refractivity contribution in [2.45, 2.75) is 51.8 Å². The van der Waals surface area contributed by atoms with Gasteiger partial charge in [-0.1, -0.05) is 51.0 Å². The molecule has 28 heavy (non-hydrogen) atoms. The van der Waals surface area contributed by atoms with E-state index in [9.17, 15) is 23.1 Å². The first-order valence-electron chi connectivity index (χ1n) is 9.41. The number of benzene rings is 2. The third kappa shape index (κ3) is 6.01. The second-order valence-corrected chi connectivity index (χ2v) is 6.82. The average molecular weight is 394 g/mol.